The third kappa shape index (κ3) is 3.63. The minimum atomic E-state index is -3.95. The van der Waals surface area contributed by atoms with Crippen LogP contribution >= 0.6 is 0 Å². The molecule has 1 aromatic heterocycles. The summed E-state index contributed by atoms with van der Waals surface area (Å²) in [5, 5.41) is 0. The lowest BCUT2D eigenvalue weighted by Crippen LogP contribution is -2.14. The predicted molar refractivity (Wildman–Crippen MR) is 90.4 cm³/mol. The van der Waals surface area contributed by atoms with E-state index in [4.69, 9.17) is 9.15 Å². The summed E-state index contributed by atoms with van der Waals surface area (Å²) < 4.78 is 51.4. The zero-order valence-corrected chi connectivity index (χ0v) is 14.3. The van der Waals surface area contributed by atoms with Crippen LogP contribution < -0.4 is 9.46 Å². The van der Waals surface area contributed by atoms with Crippen molar-refractivity contribution in [2.45, 2.75) is 11.8 Å². The van der Waals surface area contributed by atoms with E-state index in [-0.39, 0.29) is 16.3 Å². The fourth-order valence-electron chi connectivity index (χ4n) is 2.26. The van der Waals surface area contributed by atoms with Crippen molar-refractivity contribution in [2.24, 2.45) is 0 Å². The Morgan fingerprint density at radius 2 is 1.88 bits per heavy atom. The predicted octanol–water partition coefficient (Wildman–Crippen LogP) is 3.60. The van der Waals surface area contributed by atoms with Gasteiger partial charge < -0.3 is 9.15 Å². The van der Waals surface area contributed by atoms with Crippen molar-refractivity contribution in [3.05, 3.63) is 60.4 Å². The van der Waals surface area contributed by atoms with Crippen molar-refractivity contribution >= 4 is 15.7 Å². The average Bonchev–Trinajstić information content (AvgIpc) is 3.02. The molecule has 0 spiro atoms. The number of oxazole rings is 1. The summed E-state index contributed by atoms with van der Waals surface area (Å²) in [4.78, 5) is 3.94. The number of nitrogens with zero attached hydrogens (tertiary/aromatic N) is 1. The number of sulfonamides is 1. The van der Waals surface area contributed by atoms with Gasteiger partial charge in [-0.15, -0.1) is 0 Å². The van der Waals surface area contributed by atoms with Crippen molar-refractivity contribution < 1.29 is 22.0 Å². The molecular formula is C17H15FN2O4S. The molecule has 0 bridgehead atoms. The summed E-state index contributed by atoms with van der Waals surface area (Å²) in [6.45, 7) is 1.70. The maximum Gasteiger partial charge on any atom is 0.265 e. The maximum atomic E-state index is 13.0. The molecule has 0 amide bonds. The van der Waals surface area contributed by atoms with Gasteiger partial charge in [0.1, 0.15) is 16.5 Å². The van der Waals surface area contributed by atoms with E-state index in [1.54, 1.807) is 13.0 Å². The van der Waals surface area contributed by atoms with Gasteiger partial charge in [-0.05, 0) is 42.5 Å². The molecule has 0 aliphatic heterocycles. The molecule has 0 aliphatic carbocycles. The molecule has 1 heterocycles. The molecule has 3 rings (SSSR count). The monoisotopic (exact) mass is 362 g/mol. The van der Waals surface area contributed by atoms with Crippen molar-refractivity contribution in [3.63, 3.8) is 0 Å². The van der Waals surface area contributed by atoms with Crippen LogP contribution in [0.25, 0.3) is 11.3 Å². The van der Waals surface area contributed by atoms with E-state index in [2.05, 4.69) is 9.71 Å². The summed E-state index contributed by atoms with van der Waals surface area (Å²) >= 11 is 0. The Kier molecular flexibility index (Phi) is 4.45. The van der Waals surface area contributed by atoms with Crippen LogP contribution in [-0.2, 0) is 10.0 Å². The van der Waals surface area contributed by atoms with E-state index in [1.165, 1.54) is 49.7 Å². The van der Waals surface area contributed by atoms with Crippen LogP contribution in [0.3, 0.4) is 0 Å². The highest BCUT2D eigenvalue weighted by molar-refractivity contribution is 7.92. The average molecular weight is 362 g/mol. The zero-order chi connectivity index (χ0) is 18.0. The van der Waals surface area contributed by atoms with Gasteiger partial charge in [0.25, 0.3) is 10.0 Å². The van der Waals surface area contributed by atoms with E-state index >= 15 is 0 Å². The third-order valence-corrected chi connectivity index (χ3v) is 4.86. The van der Waals surface area contributed by atoms with Gasteiger partial charge in [-0.2, -0.15) is 0 Å². The summed E-state index contributed by atoms with van der Waals surface area (Å²) in [5.41, 5.74) is 0.783. The number of hydrogen-bond donors (Lipinski definition) is 1. The number of methoxy groups -OCH3 is 1. The van der Waals surface area contributed by atoms with Crippen molar-refractivity contribution in [2.75, 3.05) is 11.8 Å². The van der Waals surface area contributed by atoms with Crippen molar-refractivity contribution in [1.82, 2.24) is 4.98 Å². The normalized spacial score (nSPS) is 11.3. The maximum absolute atomic E-state index is 13.0. The smallest absolute Gasteiger partial charge is 0.265 e. The van der Waals surface area contributed by atoms with Crippen molar-refractivity contribution in [1.29, 1.82) is 0 Å². The highest BCUT2D eigenvalue weighted by Crippen LogP contribution is 2.31. The number of halogens is 1. The minimum Gasteiger partial charge on any atom is -0.495 e. The largest absolute Gasteiger partial charge is 0.495 e. The van der Waals surface area contributed by atoms with Gasteiger partial charge in [0.15, 0.2) is 11.7 Å². The van der Waals surface area contributed by atoms with Crippen LogP contribution in [0.2, 0.25) is 0 Å². The van der Waals surface area contributed by atoms with Crippen LogP contribution in [0.1, 0.15) is 5.89 Å². The second kappa shape index (κ2) is 6.56. The zero-order valence-electron chi connectivity index (χ0n) is 13.5. The molecule has 0 fully saturated rings. The highest BCUT2D eigenvalue weighted by Gasteiger charge is 2.21. The first-order valence-corrected chi connectivity index (χ1v) is 8.76. The third-order valence-electron chi connectivity index (χ3n) is 3.46. The van der Waals surface area contributed by atoms with Crippen LogP contribution in [0.15, 0.2) is 58.0 Å². The molecule has 0 unspecified atom stereocenters. The lowest BCUT2D eigenvalue weighted by atomic mass is 10.2. The summed E-state index contributed by atoms with van der Waals surface area (Å²) in [7, 11) is -2.57. The van der Waals surface area contributed by atoms with Crippen LogP contribution in [0.4, 0.5) is 10.1 Å². The number of aromatic nitrogens is 1. The highest BCUT2D eigenvalue weighted by atomic mass is 32.2. The molecule has 0 saturated carbocycles. The minimum absolute atomic E-state index is 0.0640. The molecule has 3 aromatic rings. The van der Waals surface area contributed by atoms with E-state index in [9.17, 15) is 12.8 Å². The Hall–Kier alpha value is -2.87. The number of nitrogens with one attached hydrogen (secondary N) is 1. The SMILES string of the molecule is COc1ccc(-c2cnc(C)o2)cc1S(=O)(=O)Nc1ccc(F)cc1. The molecule has 8 heteroatoms. The number of rotatable bonds is 5. The number of aryl methyl sites for hydroxylation is 1. The molecule has 0 aliphatic rings. The van der Waals surface area contributed by atoms with E-state index < -0.39 is 15.8 Å². The van der Waals surface area contributed by atoms with Crippen molar-refractivity contribution in [3.8, 4) is 17.1 Å². The first-order chi connectivity index (χ1) is 11.9. The molecule has 130 valence electrons. The molecule has 2 aromatic carbocycles. The Bertz CT molecular complexity index is 998. The summed E-state index contributed by atoms with van der Waals surface area (Å²) in [5.74, 6) is 0.635. The topological polar surface area (TPSA) is 81.4 Å². The van der Waals surface area contributed by atoms with E-state index in [1.807, 2.05) is 0 Å². The van der Waals surface area contributed by atoms with E-state index in [0.717, 1.165) is 0 Å². The first-order valence-electron chi connectivity index (χ1n) is 7.28. The standard InChI is InChI=1S/C17H15FN2O4S/c1-11-19-10-16(24-11)12-3-8-15(23-2)17(9-12)25(21,22)20-14-6-4-13(18)5-7-14/h3-10,20H,1-2H3. The van der Waals surface area contributed by atoms with Gasteiger partial charge >= 0.3 is 0 Å². The lowest BCUT2D eigenvalue weighted by Gasteiger charge is -2.12. The second-order valence-corrected chi connectivity index (χ2v) is 6.87. The molecule has 0 saturated heterocycles. The van der Waals surface area contributed by atoms with Crippen LogP contribution in [0.5, 0.6) is 5.75 Å². The quantitative estimate of drug-likeness (QED) is 0.750. The fourth-order valence-corrected chi connectivity index (χ4v) is 3.52. The van der Waals surface area contributed by atoms with Gasteiger partial charge in [-0.3, -0.25) is 4.72 Å². The lowest BCUT2D eigenvalue weighted by molar-refractivity contribution is 0.403. The Morgan fingerprint density at radius 3 is 2.48 bits per heavy atom. The second-order valence-electron chi connectivity index (χ2n) is 5.22. The number of hydrogen-bond acceptors (Lipinski definition) is 5. The molecule has 0 radical (unpaired) electrons. The summed E-state index contributed by atoms with van der Waals surface area (Å²) in [6, 6.07) is 9.66. The van der Waals surface area contributed by atoms with Crippen LogP contribution in [0, 0.1) is 12.7 Å². The van der Waals surface area contributed by atoms with Gasteiger partial charge in [-0.1, -0.05) is 0 Å². The van der Waals surface area contributed by atoms with Gasteiger partial charge in [0.05, 0.1) is 13.3 Å². The Labute approximate surface area is 144 Å². The van der Waals surface area contributed by atoms with E-state index in [0.29, 0.717) is 17.2 Å². The molecule has 6 nitrogen and oxygen atoms in total. The van der Waals surface area contributed by atoms with Crippen LogP contribution in [-0.4, -0.2) is 20.5 Å². The molecular weight excluding hydrogens is 347 g/mol. The Balaban J connectivity index is 2.02. The molecule has 25 heavy (non-hydrogen) atoms. The molecule has 0 atom stereocenters. The molecule has 1 N–H and O–H groups in total. The number of benzene rings is 2. The van der Waals surface area contributed by atoms with Gasteiger partial charge in [0.2, 0.25) is 0 Å². The van der Waals surface area contributed by atoms with Gasteiger partial charge in [0, 0.05) is 18.2 Å². The fraction of sp³-hybridized carbons (Fsp3) is 0.118. The summed E-state index contributed by atoms with van der Waals surface area (Å²) in [6.07, 6.45) is 1.51. The Morgan fingerprint density at radius 1 is 1.16 bits per heavy atom. The number of ether oxygens (including phenoxy) is 1. The van der Waals surface area contributed by atoms with Gasteiger partial charge in [-0.25, -0.2) is 17.8 Å². The first kappa shape index (κ1) is 17.0. The number of anilines is 1.